The zero-order chi connectivity index (χ0) is 12.9. The van der Waals surface area contributed by atoms with Crippen LogP contribution >= 0.6 is 7.92 Å². The summed E-state index contributed by atoms with van der Waals surface area (Å²) in [6.07, 6.45) is 23.6. The van der Waals surface area contributed by atoms with Crippen LogP contribution in [0.4, 0.5) is 0 Å². The fourth-order valence-corrected chi connectivity index (χ4v) is 9.71. The minimum atomic E-state index is 0. The van der Waals surface area contributed by atoms with Crippen LogP contribution < -0.4 is 0 Å². The zero-order valence-corrected chi connectivity index (χ0v) is 16.1. The molecule has 0 atom stereocenters. The molecule has 3 rings (SSSR count). The van der Waals surface area contributed by atoms with Crippen LogP contribution in [0.25, 0.3) is 0 Å². The van der Waals surface area contributed by atoms with E-state index in [1.54, 1.807) is 77.0 Å². The largest absolute Gasteiger partial charge is 1.00 e. The van der Waals surface area contributed by atoms with Gasteiger partial charge in [-0.3, -0.25) is 0 Å². The Balaban J connectivity index is 0.00000147. The molecular weight excluding hydrogens is 444 g/mol. The molecule has 0 unspecified atom stereocenters. The molecule has 0 heterocycles. The Morgan fingerprint density at radius 3 is 0.900 bits per heavy atom. The molecule has 3 aliphatic carbocycles. The first-order valence-electron chi connectivity index (χ1n) is 9.22. The first-order chi connectivity index (χ1) is 9.45. The van der Waals surface area contributed by atoms with Gasteiger partial charge in [0.2, 0.25) is 0 Å². The molecule has 120 valence electrons. The van der Waals surface area contributed by atoms with Gasteiger partial charge >= 0.3 is 22.4 Å². The third-order valence-electron chi connectivity index (χ3n) is 5.99. The second kappa shape index (κ2) is 9.34. The second-order valence-corrected chi connectivity index (χ2v) is 10.4. The summed E-state index contributed by atoms with van der Waals surface area (Å²) in [7, 11) is 0.385. The van der Waals surface area contributed by atoms with Gasteiger partial charge < -0.3 is 0 Å². The van der Waals surface area contributed by atoms with Crippen molar-refractivity contribution < 1.29 is 22.4 Å². The second-order valence-electron chi connectivity index (χ2n) is 7.32. The fraction of sp³-hybridized carbons (Fsp3) is 1.00. The summed E-state index contributed by atoms with van der Waals surface area (Å²) in [4.78, 5) is 0. The average Bonchev–Trinajstić information content (AvgIpc) is 2.51. The van der Waals surface area contributed by atoms with Crippen LogP contribution in [0.2, 0.25) is 0 Å². The molecule has 3 aliphatic rings. The molecule has 0 aromatic rings. The molecule has 20 heavy (non-hydrogen) atoms. The van der Waals surface area contributed by atoms with Crippen molar-refractivity contribution in [2.24, 2.45) is 0 Å². The van der Waals surface area contributed by atoms with Gasteiger partial charge in [-0.1, -0.05) is 65.7 Å². The van der Waals surface area contributed by atoms with Crippen LogP contribution in [0.1, 0.15) is 96.3 Å². The Kier molecular flexibility index (Phi) is 8.18. The molecule has 0 amide bonds. The molecule has 2 heteroatoms. The number of rotatable bonds is 3. The minimum absolute atomic E-state index is 0. The van der Waals surface area contributed by atoms with E-state index in [4.69, 9.17) is 0 Å². The van der Waals surface area contributed by atoms with E-state index in [1.165, 1.54) is 36.2 Å². The smallest absolute Gasteiger partial charge is 0.0971 e. The van der Waals surface area contributed by atoms with Gasteiger partial charge in [-0.05, 0) is 55.5 Å². The van der Waals surface area contributed by atoms with E-state index in [0.29, 0.717) is 7.92 Å². The molecule has 0 radical (unpaired) electrons. The third-order valence-corrected chi connectivity index (χ3v) is 10.1. The molecule has 0 N–H and O–H groups in total. The van der Waals surface area contributed by atoms with Gasteiger partial charge in [0.15, 0.2) is 0 Å². The molecule has 0 nitrogen and oxygen atoms in total. The van der Waals surface area contributed by atoms with E-state index in [9.17, 15) is 0 Å². The number of hydrogen-bond acceptors (Lipinski definition) is 0. The first-order valence-corrected chi connectivity index (χ1v) is 10.8. The summed E-state index contributed by atoms with van der Waals surface area (Å²) in [5.41, 5.74) is 3.57. The third kappa shape index (κ3) is 4.58. The summed E-state index contributed by atoms with van der Waals surface area (Å²) in [5.74, 6) is 0. The first kappa shape index (κ1) is 17.5. The predicted molar refractivity (Wildman–Crippen MR) is 87.5 cm³/mol. The van der Waals surface area contributed by atoms with Crippen LogP contribution in [0.3, 0.4) is 0 Å². The van der Waals surface area contributed by atoms with E-state index in [2.05, 4.69) is 0 Å². The summed E-state index contributed by atoms with van der Waals surface area (Å²) in [5, 5.41) is 0. The van der Waals surface area contributed by atoms with Gasteiger partial charge in [-0.15, -0.1) is 0 Å². The Morgan fingerprint density at radius 1 is 0.400 bits per heavy atom. The van der Waals surface area contributed by atoms with Crippen molar-refractivity contribution in [2.45, 2.75) is 113 Å². The summed E-state index contributed by atoms with van der Waals surface area (Å²) < 4.78 is 0. The average molecular weight is 477 g/mol. The van der Waals surface area contributed by atoms with Crippen molar-refractivity contribution in [1.29, 1.82) is 0 Å². The van der Waals surface area contributed by atoms with Gasteiger partial charge in [0, 0.05) is 0 Å². The molecule has 0 aromatic carbocycles. The fourth-order valence-electron chi connectivity index (χ4n) is 5.03. The van der Waals surface area contributed by atoms with E-state index in [0.717, 1.165) is 0 Å². The van der Waals surface area contributed by atoms with Gasteiger partial charge in [0.05, 0.1) is 0 Å². The molecule has 0 aliphatic heterocycles. The number of hydrogen-bond donors (Lipinski definition) is 0. The molecule has 3 saturated carbocycles. The van der Waals surface area contributed by atoms with Gasteiger partial charge in [0.25, 0.3) is 0 Å². The SMILES string of the molecule is C1CCC(P(C2CCCCC2)C2CCCCC2)CC1.[Au+]. The van der Waals surface area contributed by atoms with Crippen molar-refractivity contribution in [2.75, 3.05) is 0 Å². The Morgan fingerprint density at radius 2 is 0.650 bits per heavy atom. The molecule has 0 bridgehead atoms. The van der Waals surface area contributed by atoms with Crippen LogP contribution in [-0.2, 0) is 22.4 Å². The van der Waals surface area contributed by atoms with Crippen LogP contribution in [-0.4, -0.2) is 17.0 Å². The molecule has 0 aromatic heterocycles. The van der Waals surface area contributed by atoms with Crippen molar-refractivity contribution in [3.05, 3.63) is 0 Å². The van der Waals surface area contributed by atoms with E-state index < -0.39 is 0 Å². The standard InChI is InChI=1S/C18H33P.Au/c1-4-10-16(11-5-1)19(17-12-6-2-7-13-17)18-14-8-3-9-15-18;/h16-18H,1-15H2;/q;+1. The quantitative estimate of drug-likeness (QED) is 0.323. The van der Waals surface area contributed by atoms with Gasteiger partial charge in [-0.25, -0.2) is 0 Å². The van der Waals surface area contributed by atoms with Gasteiger partial charge in [0.1, 0.15) is 0 Å². The summed E-state index contributed by atoms with van der Waals surface area (Å²) in [6.45, 7) is 0. The summed E-state index contributed by atoms with van der Waals surface area (Å²) in [6, 6.07) is 0. The Labute approximate surface area is 143 Å². The van der Waals surface area contributed by atoms with Crippen molar-refractivity contribution in [3.63, 3.8) is 0 Å². The van der Waals surface area contributed by atoms with E-state index in [1.807, 2.05) is 0 Å². The topological polar surface area (TPSA) is 0 Å². The normalized spacial score (nSPS) is 27.4. The van der Waals surface area contributed by atoms with Crippen LogP contribution in [0, 0.1) is 0 Å². The van der Waals surface area contributed by atoms with Gasteiger partial charge in [-0.2, -0.15) is 0 Å². The monoisotopic (exact) mass is 477 g/mol. The maximum absolute atomic E-state index is 1.61. The molecular formula is C18H33AuP+. The van der Waals surface area contributed by atoms with Crippen molar-refractivity contribution >= 4 is 7.92 Å². The molecule has 0 spiro atoms. The van der Waals surface area contributed by atoms with Crippen LogP contribution in [0.5, 0.6) is 0 Å². The zero-order valence-electron chi connectivity index (χ0n) is 13.1. The summed E-state index contributed by atoms with van der Waals surface area (Å²) >= 11 is 0. The molecule has 3 fully saturated rings. The van der Waals surface area contributed by atoms with E-state index in [-0.39, 0.29) is 22.4 Å². The van der Waals surface area contributed by atoms with Crippen molar-refractivity contribution in [3.8, 4) is 0 Å². The van der Waals surface area contributed by atoms with Crippen molar-refractivity contribution in [1.82, 2.24) is 0 Å². The molecule has 0 saturated heterocycles. The predicted octanol–water partition coefficient (Wildman–Crippen LogP) is 6.46. The maximum Gasteiger partial charge on any atom is 1.00 e. The minimum Gasteiger partial charge on any atom is -0.0971 e. The van der Waals surface area contributed by atoms with Crippen LogP contribution in [0.15, 0.2) is 0 Å². The maximum atomic E-state index is 1.61. The Hall–Kier alpha value is 1.17. The Bertz CT molecular complexity index is 207. The van der Waals surface area contributed by atoms with E-state index >= 15 is 0 Å².